The van der Waals surface area contributed by atoms with Crippen molar-refractivity contribution >= 4 is 23.5 Å². The molecule has 0 saturated carbocycles. The molecule has 26 heavy (non-hydrogen) atoms. The zero-order valence-electron chi connectivity index (χ0n) is 14.2. The highest BCUT2D eigenvalue weighted by Crippen LogP contribution is 2.31. The Labute approximate surface area is 149 Å². The number of rotatable bonds is 4. The van der Waals surface area contributed by atoms with Crippen molar-refractivity contribution in [2.45, 2.75) is 12.8 Å². The van der Waals surface area contributed by atoms with Gasteiger partial charge in [-0.1, -0.05) is 0 Å². The van der Waals surface area contributed by atoms with E-state index < -0.39 is 12.0 Å². The third-order valence-corrected chi connectivity index (χ3v) is 4.11. The first-order valence-corrected chi connectivity index (χ1v) is 8.05. The average molecular weight is 357 g/mol. The van der Waals surface area contributed by atoms with Crippen LogP contribution in [0.4, 0.5) is 16.3 Å². The van der Waals surface area contributed by atoms with Crippen LogP contribution < -0.4 is 15.7 Å². The van der Waals surface area contributed by atoms with Crippen LogP contribution in [0.15, 0.2) is 30.6 Å². The van der Waals surface area contributed by atoms with Gasteiger partial charge in [0.15, 0.2) is 0 Å². The lowest BCUT2D eigenvalue weighted by Crippen LogP contribution is -2.37. The summed E-state index contributed by atoms with van der Waals surface area (Å²) in [5.74, 6) is -0.323. The minimum atomic E-state index is -1.01. The van der Waals surface area contributed by atoms with E-state index in [0.717, 1.165) is 24.1 Å². The summed E-state index contributed by atoms with van der Waals surface area (Å²) in [5.41, 5.74) is 1.76. The van der Waals surface area contributed by atoms with Gasteiger partial charge in [0, 0.05) is 37.8 Å². The van der Waals surface area contributed by atoms with Crippen LogP contribution >= 0.6 is 0 Å². The highest BCUT2D eigenvalue weighted by molar-refractivity contribution is 5.88. The molecule has 0 fully saturated rings. The van der Waals surface area contributed by atoms with E-state index >= 15 is 0 Å². The van der Waals surface area contributed by atoms with Crippen LogP contribution in [0, 0.1) is 5.41 Å². The Hall–Kier alpha value is -3.20. The number of methoxy groups -OCH3 is 1. The van der Waals surface area contributed by atoms with E-state index in [-0.39, 0.29) is 17.8 Å². The van der Waals surface area contributed by atoms with Gasteiger partial charge in [-0.05, 0) is 30.5 Å². The molecule has 0 saturated heterocycles. The predicted octanol–water partition coefficient (Wildman–Crippen LogP) is 1.31. The molecule has 3 rings (SSSR count). The number of ether oxygens (including phenoxy) is 1. The van der Waals surface area contributed by atoms with Crippen molar-refractivity contribution in [3.63, 3.8) is 0 Å². The first kappa shape index (κ1) is 17.6. The molecule has 136 valence electrons. The molecule has 0 atom stereocenters. The zero-order chi connectivity index (χ0) is 18.7. The number of carbonyl (C=O) groups excluding carboxylic acids is 1. The lowest BCUT2D eigenvalue weighted by Gasteiger charge is -2.30. The van der Waals surface area contributed by atoms with Crippen molar-refractivity contribution in [3.05, 3.63) is 47.2 Å². The molecular formula is C17H19N5O4. The molecule has 0 radical (unpaired) electrons. The van der Waals surface area contributed by atoms with Crippen molar-refractivity contribution in [2.75, 3.05) is 25.3 Å². The largest absolute Gasteiger partial charge is 0.478 e. The molecule has 3 N–H and O–H groups in total. The monoisotopic (exact) mass is 357 g/mol. The molecule has 9 heteroatoms. The number of aromatic nitrogens is 2. The van der Waals surface area contributed by atoms with Gasteiger partial charge < -0.3 is 20.1 Å². The van der Waals surface area contributed by atoms with Crippen LogP contribution in [0.5, 0.6) is 0 Å². The molecule has 0 aromatic carbocycles. The molecule has 1 amide bonds. The summed E-state index contributed by atoms with van der Waals surface area (Å²) in [4.78, 5) is 29.4. The van der Waals surface area contributed by atoms with Crippen molar-refractivity contribution in [2.24, 2.45) is 0 Å². The Kier molecular flexibility index (Phi) is 4.99. The Balaban J connectivity index is 1.91. The molecule has 3 heterocycles. The second-order valence-corrected chi connectivity index (χ2v) is 5.82. The number of pyridine rings is 2. The molecule has 1 aliphatic rings. The lowest BCUT2D eigenvalue weighted by molar-refractivity contribution is 0.0696. The third kappa shape index (κ3) is 3.42. The summed E-state index contributed by atoms with van der Waals surface area (Å²) in [6.07, 6.45) is 4.44. The highest BCUT2D eigenvalue weighted by Gasteiger charge is 2.21. The number of nitrogens with zero attached hydrogens (tertiary/aromatic N) is 3. The van der Waals surface area contributed by atoms with Gasteiger partial charge in [-0.25, -0.2) is 14.6 Å². The number of amides is 1. The van der Waals surface area contributed by atoms with E-state index in [1.165, 1.54) is 24.1 Å². The lowest BCUT2D eigenvalue weighted by atomic mass is 10.0. The maximum atomic E-state index is 12.0. The van der Waals surface area contributed by atoms with Gasteiger partial charge in [-0.3, -0.25) is 9.98 Å². The van der Waals surface area contributed by atoms with Gasteiger partial charge >= 0.3 is 12.0 Å². The summed E-state index contributed by atoms with van der Waals surface area (Å²) in [5, 5.41) is 19.8. The third-order valence-electron chi connectivity index (χ3n) is 4.11. The number of carbonyl (C=O) groups is 2. The van der Waals surface area contributed by atoms with E-state index in [4.69, 9.17) is 15.3 Å². The molecule has 1 aliphatic heterocycles. The van der Waals surface area contributed by atoms with Crippen molar-refractivity contribution < 1.29 is 19.4 Å². The molecule has 2 aromatic rings. The fraction of sp³-hybridized carbons (Fsp3) is 0.294. The minimum Gasteiger partial charge on any atom is -0.478 e. The normalized spacial score (nSPS) is 13.2. The highest BCUT2D eigenvalue weighted by atomic mass is 16.5. The number of hydrogen-bond donors (Lipinski definition) is 3. The summed E-state index contributed by atoms with van der Waals surface area (Å²) >= 11 is 0. The Morgan fingerprint density at radius 1 is 1.42 bits per heavy atom. The van der Waals surface area contributed by atoms with Crippen LogP contribution in [0.1, 0.15) is 22.3 Å². The molecule has 0 spiro atoms. The first-order chi connectivity index (χ1) is 12.5. The van der Waals surface area contributed by atoms with E-state index in [1.54, 1.807) is 18.2 Å². The molecule has 0 bridgehead atoms. The number of carboxylic acid groups (broad SMARTS) is 1. The Morgan fingerprint density at radius 3 is 2.92 bits per heavy atom. The van der Waals surface area contributed by atoms with E-state index in [2.05, 4.69) is 10.3 Å². The summed E-state index contributed by atoms with van der Waals surface area (Å²) in [7, 11) is 1.46. The zero-order valence-corrected chi connectivity index (χ0v) is 14.2. The standard InChI is InChI=1S/C17H19N5O4/c1-26-10-20-17(25)22-6-4-13(8-14(22)18)21-5-2-3-11-7-12(16(23)24)9-19-15(11)21/h4,6-9,18H,2-3,5,10H2,1H3,(H,20,25)(H,23,24). The molecule has 9 nitrogen and oxygen atoms in total. The van der Waals surface area contributed by atoms with Crippen molar-refractivity contribution in [1.29, 1.82) is 5.41 Å². The molecule has 0 unspecified atom stereocenters. The van der Waals surface area contributed by atoms with Gasteiger partial charge in [-0.2, -0.15) is 0 Å². The van der Waals surface area contributed by atoms with E-state index in [1.807, 2.05) is 4.90 Å². The van der Waals surface area contributed by atoms with Crippen LogP contribution in [-0.2, 0) is 11.2 Å². The number of carboxylic acids is 1. The number of aryl methyl sites for hydroxylation is 1. The van der Waals surface area contributed by atoms with Crippen molar-refractivity contribution in [3.8, 4) is 0 Å². The van der Waals surface area contributed by atoms with Crippen molar-refractivity contribution in [1.82, 2.24) is 14.9 Å². The number of hydrogen-bond acceptors (Lipinski definition) is 6. The van der Waals surface area contributed by atoms with Crippen LogP contribution in [-0.4, -0.2) is 47.0 Å². The maximum absolute atomic E-state index is 12.0. The van der Waals surface area contributed by atoms with Crippen LogP contribution in [0.3, 0.4) is 0 Å². The number of fused-ring (bicyclic) bond motifs is 1. The van der Waals surface area contributed by atoms with E-state index in [0.29, 0.717) is 12.4 Å². The molecular weight excluding hydrogens is 338 g/mol. The average Bonchev–Trinajstić information content (AvgIpc) is 2.65. The summed E-state index contributed by atoms with van der Waals surface area (Å²) in [6, 6.07) is 4.49. The quantitative estimate of drug-likeness (QED) is 0.710. The van der Waals surface area contributed by atoms with Gasteiger partial charge in [0.2, 0.25) is 0 Å². The van der Waals surface area contributed by atoms with Gasteiger partial charge in [-0.15, -0.1) is 0 Å². The number of aromatic carboxylic acids is 1. The number of nitrogens with one attached hydrogen (secondary N) is 2. The fourth-order valence-corrected chi connectivity index (χ4v) is 2.89. The fourth-order valence-electron chi connectivity index (χ4n) is 2.89. The second kappa shape index (κ2) is 7.36. The number of anilines is 2. The minimum absolute atomic E-state index is 0.0189. The molecule has 2 aromatic heterocycles. The SMILES string of the molecule is COCNC(=O)n1ccc(N2CCCc3cc(C(=O)O)cnc32)cc1=N. The van der Waals surface area contributed by atoms with Gasteiger partial charge in [0.1, 0.15) is 18.0 Å². The van der Waals surface area contributed by atoms with Crippen LogP contribution in [0.25, 0.3) is 0 Å². The first-order valence-electron chi connectivity index (χ1n) is 8.05. The topological polar surface area (TPSA) is 121 Å². The second-order valence-electron chi connectivity index (χ2n) is 5.82. The maximum Gasteiger partial charge on any atom is 0.337 e. The summed E-state index contributed by atoms with van der Waals surface area (Å²) < 4.78 is 5.97. The molecule has 0 aliphatic carbocycles. The predicted molar refractivity (Wildman–Crippen MR) is 92.6 cm³/mol. The van der Waals surface area contributed by atoms with Crippen LogP contribution in [0.2, 0.25) is 0 Å². The smallest absolute Gasteiger partial charge is 0.337 e. The summed E-state index contributed by atoms with van der Waals surface area (Å²) in [6.45, 7) is 0.758. The van der Waals surface area contributed by atoms with Gasteiger partial charge in [0.25, 0.3) is 0 Å². The Morgan fingerprint density at radius 2 is 2.23 bits per heavy atom. The van der Waals surface area contributed by atoms with Gasteiger partial charge in [0.05, 0.1) is 5.56 Å². The Bertz CT molecular complexity index is 908. The van der Waals surface area contributed by atoms with E-state index in [9.17, 15) is 9.59 Å².